The number of ether oxygens (including phenoxy) is 1. The summed E-state index contributed by atoms with van der Waals surface area (Å²) in [6.45, 7) is 1.41. The third-order valence-corrected chi connectivity index (χ3v) is 1.50. The van der Waals surface area contributed by atoms with Gasteiger partial charge >= 0.3 is 10.4 Å². The van der Waals surface area contributed by atoms with E-state index in [-0.39, 0.29) is 11.7 Å². The predicted molar refractivity (Wildman–Crippen MR) is 63.1 cm³/mol. The van der Waals surface area contributed by atoms with Crippen LogP contribution in [0.4, 0.5) is 5.69 Å². The van der Waals surface area contributed by atoms with E-state index in [1.807, 2.05) is 0 Å². The minimum atomic E-state index is -4.67. The van der Waals surface area contributed by atoms with Crippen LogP contribution in [0, 0.1) is 0 Å². The molecular formula is C9H13NO7S. The van der Waals surface area contributed by atoms with Gasteiger partial charge in [0.2, 0.25) is 5.91 Å². The number of phenolic OH excluding ortho intramolecular Hbond substituents is 1. The van der Waals surface area contributed by atoms with Gasteiger partial charge < -0.3 is 15.2 Å². The number of methoxy groups -OCH3 is 1. The van der Waals surface area contributed by atoms with E-state index in [9.17, 15) is 4.79 Å². The van der Waals surface area contributed by atoms with E-state index in [0.29, 0.717) is 11.4 Å². The zero-order chi connectivity index (χ0) is 14.3. The molecule has 0 saturated heterocycles. The van der Waals surface area contributed by atoms with Crippen molar-refractivity contribution in [2.24, 2.45) is 0 Å². The Morgan fingerprint density at radius 1 is 1.33 bits per heavy atom. The number of phenols is 1. The lowest BCUT2D eigenvalue weighted by Gasteiger charge is -2.08. The first-order valence-corrected chi connectivity index (χ1v) is 5.87. The largest absolute Gasteiger partial charge is 0.508 e. The molecule has 0 spiro atoms. The molecule has 1 aromatic carbocycles. The summed E-state index contributed by atoms with van der Waals surface area (Å²) in [4.78, 5) is 10.7. The highest BCUT2D eigenvalue weighted by molar-refractivity contribution is 7.79. The van der Waals surface area contributed by atoms with E-state index >= 15 is 0 Å². The Bertz CT molecular complexity index is 504. The molecule has 4 N–H and O–H groups in total. The number of anilines is 1. The standard InChI is InChI=1S/C9H11NO3.H2O4S/c1-6(11)10-8-4-3-7(12)5-9(8)13-2;1-5(2,3)4/h3-5,12H,1-2H3,(H,10,11);(H2,1,2,3,4). The maximum Gasteiger partial charge on any atom is 0.394 e. The number of benzene rings is 1. The van der Waals surface area contributed by atoms with Crippen LogP contribution in [0.5, 0.6) is 11.5 Å². The summed E-state index contributed by atoms with van der Waals surface area (Å²) in [6, 6.07) is 4.49. The fourth-order valence-corrected chi connectivity index (χ4v) is 0.973. The van der Waals surface area contributed by atoms with E-state index in [2.05, 4.69) is 5.32 Å². The van der Waals surface area contributed by atoms with Gasteiger partial charge in [-0.25, -0.2) is 0 Å². The highest BCUT2D eigenvalue weighted by Crippen LogP contribution is 2.28. The van der Waals surface area contributed by atoms with E-state index in [4.69, 9.17) is 27.4 Å². The molecular weight excluding hydrogens is 266 g/mol. The number of hydrogen-bond donors (Lipinski definition) is 4. The number of amides is 1. The molecule has 0 saturated carbocycles. The Morgan fingerprint density at radius 3 is 2.22 bits per heavy atom. The minimum Gasteiger partial charge on any atom is -0.508 e. The minimum absolute atomic E-state index is 0.103. The average Bonchev–Trinajstić information content (AvgIpc) is 2.17. The fraction of sp³-hybridized carbons (Fsp3) is 0.222. The fourth-order valence-electron chi connectivity index (χ4n) is 0.973. The number of rotatable bonds is 2. The monoisotopic (exact) mass is 279 g/mol. The summed E-state index contributed by atoms with van der Waals surface area (Å²) in [5.41, 5.74) is 0.549. The van der Waals surface area contributed by atoms with Gasteiger partial charge in [0, 0.05) is 13.0 Å². The summed E-state index contributed by atoms with van der Waals surface area (Å²) in [6.07, 6.45) is 0. The smallest absolute Gasteiger partial charge is 0.394 e. The Kier molecular flexibility index (Phi) is 6.09. The van der Waals surface area contributed by atoms with Crippen molar-refractivity contribution in [2.45, 2.75) is 6.92 Å². The molecule has 0 atom stereocenters. The van der Waals surface area contributed by atoms with E-state index in [0.717, 1.165) is 0 Å². The maximum absolute atomic E-state index is 10.7. The SMILES string of the molecule is COc1cc(O)ccc1NC(C)=O.O=S(=O)(O)O. The van der Waals surface area contributed by atoms with Crippen molar-refractivity contribution in [3.05, 3.63) is 18.2 Å². The van der Waals surface area contributed by atoms with E-state index < -0.39 is 10.4 Å². The maximum atomic E-state index is 10.7. The molecule has 1 rings (SSSR count). The number of carbonyl (C=O) groups is 1. The topological polar surface area (TPSA) is 133 Å². The first-order chi connectivity index (χ1) is 8.13. The molecule has 1 amide bonds. The summed E-state index contributed by atoms with van der Waals surface area (Å²) in [7, 11) is -3.19. The summed E-state index contributed by atoms with van der Waals surface area (Å²) in [5, 5.41) is 11.7. The van der Waals surface area contributed by atoms with Crippen LogP contribution in [-0.4, -0.2) is 35.6 Å². The van der Waals surface area contributed by atoms with Crippen LogP contribution in [0.1, 0.15) is 6.92 Å². The molecule has 18 heavy (non-hydrogen) atoms. The number of hydrogen-bond acceptors (Lipinski definition) is 5. The first-order valence-electron chi connectivity index (χ1n) is 4.48. The van der Waals surface area contributed by atoms with Crippen molar-refractivity contribution < 1.29 is 32.2 Å². The van der Waals surface area contributed by atoms with Crippen LogP contribution in [0.3, 0.4) is 0 Å². The normalized spacial score (nSPS) is 10.0. The van der Waals surface area contributed by atoms with Gasteiger partial charge in [-0.2, -0.15) is 8.42 Å². The van der Waals surface area contributed by atoms with Crippen LogP contribution < -0.4 is 10.1 Å². The van der Waals surface area contributed by atoms with Crippen LogP contribution in [0.15, 0.2) is 18.2 Å². The van der Waals surface area contributed by atoms with E-state index in [1.165, 1.54) is 26.2 Å². The van der Waals surface area contributed by atoms with Gasteiger partial charge in [-0.1, -0.05) is 0 Å². The molecule has 0 radical (unpaired) electrons. The summed E-state index contributed by atoms with van der Waals surface area (Å²) >= 11 is 0. The predicted octanol–water partition coefficient (Wildman–Crippen LogP) is 0.706. The van der Waals surface area contributed by atoms with Crippen molar-refractivity contribution in [3.8, 4) is 11.5 Å². The van der Waals surface area contributed by atoms with Crippen molar-refractivity contribution in [1.82, 2.24) is 0 Å². The lowest BCUT2D eigenvalue weighted by atomic mass is 10.2. The first kappa shape index (κ1) is 16.2. The Labute approximate surface area is 104 Å². The average molecular weight is 279 g/mol. The molecule has 0 aliphatic heterocycles. The Balaban J connectivity index is 0.000000494. The highest BCUT2D eigenvalue weighted by atomic mass is 32.3. The third kappa shape index (κ3) is 8.33. The molecule has 1 aromatic rings. The lowest BCUT2D eigenvalue weighted by molar-refractivity contribution is -0.114. The molecule has 0 aliphatic carbocycles. The van der Waals surface area contributed by atoms with Crippen LogP contribution in [0.25, 0.3) is 0 Å². The molecule has 102 valence electrons. The zero-order valence-electron chi connectivity index (χ0n) is 9.61. The Morgan fingerprint density at radius 2 is 1.83 bits per heavy atom. The van der Waals surface area contributed by atoms with Gasteiger partial charge in [-0.3, -0.25) is 13.9 Å². The second kappa shape index (κ2) is 6.79. The van der Waals surface area contributed by atoms with Crippen molar-refractivity contribution in [3.63, 3.8) is 0 Å². The second-order valence-corrected chi connectivity index (χ2v) is 3.91. The molecule has 0 aromatic heterocycles. The van der Waals surface area contributed by atoms with Gasteiger partial charge in [0.25, 0.3) is 0 Å². The van der Waals surface area contributed by atoms with Gasteiger partial charge in [-0.15, -0.1) is 0 Å². The highest BCUT2D eigenvalue weighted by Gasteiger charge is 2.04. The summed E-state index contributed by atoms with van der Waals surface area (Å²) in [5.74, 6) is 0.366. The number of nitrogens with one attached hydrogen (secondary N) is 1. The van der Waals surface area contributed by atoms with Crippen LogP contribution in [0.2, 0.25) is 0 Å². The van der Waals surface area contributed by atoms with Crippen molar-refractivity contribution >= 4 is 22.0 Å². The molecule has 0 bridgehead atoms. The van der Waals surface area contributed by atoms with Crippen molar-refractivity contribution in [2.75, 3.05) is 12.4 Å². The van der Waals surface area contributed by atoms with Gasteiger partial charge in [0.05, 0.1) is 12.8 Å². The molecule has 8 nitrogen and oxygen atoms in total. The Hall–Kier alpha value is -1.84. The lowest BCUT2D eigenvalue weighted by Crippen LogP contribution is -2.06. The molecule has 9 heteroatoms. The number of carbonyl (C=O) groups excluding carboxylic acids is 1. The quantitative estimate of drug-likeness (QED) is 0.462. The van der Waals surface area contributed by atoms with Gasteiger partial charge in [0.15, 0.2) is 0 Å². The molecule has 0 heterocycles. The zero-order valence-corrected chi connectivity index (χ0v) is 10.4. The van der Waals surface area contributed by atoms with E-state index in [1.54, 1.807) is 6.07 Å². The molecule has 0 unspecified atom stereocenters. The number of aromatic hydroxyl groups is 1. The molecule has 0 aliphatic rings. The second-order valence-electron chi connectivity index (χ2n) is 3.01. The summed E-state index contributed by atoms with van der Waals surface area (Å²) < 4.78 is 36.5. The van der Waals surface area contributed by atoms with Crippen LogP contribution in [-0.2, 0) is 15.2 Å². The van der Waals surface area contributed by atoms with Gasteiger partial charge in [-0.05, 0) is 12.1 Å². The molecule has 0 fully saturated rings. The van der Waals surface area contributed by atoms with Crippen molar-refractivity contribution in [1.29, 1.82) is 0 Å². The van der Waals surface area contributed by atoms with Gasteiger partial charge in [0.1, 0.15) is 11.5 Å². The third-order valence-electron chi connectivity index (χ3n) is 1.50. The van der Waals surface area contributed by atoms with Crippen LogP contribution >= 0.6 is 0 Å².